The Balaban J connectivity index is 1.07. The van der Waals surface area contributed by atoms with E-state index in [1.807, 2.05) is 49.4 Å². The number of thioether (sulfide) groups is 1. The minimum atomic E-state index is 0.0935. The Hall–Kier alpha value is -3.27. The Bertz CT molecular complexity index is 1200. The normalized spacial score (nSPS) is 22.4. The molecule has 0 spiro atoms. The number of aryl methyl sites for hydroxylation is 1. The van der Waals surface area contributed by atoms with Crippen LogP contribution in [-0.4, -0.2) is 56.0 Å². The second-order valence-electron chi connectivity index (χ2n) is 9.09. The molecule has 0 N–H and O–H groups in total. The van der Waals surface area contributed by atoms with E-state index < -0.39 is 0 Å². The predicted octanol–water partition coefficient (Wildman–Crippen LogP) is 3.93. The Kier molecular flexibility index (Phi) is 5.97. The van der Waals surface area contributed by atoms with Gasteiger partial charge in [-0.2, -0.15) is 0 Å². The van der Waals surface area contributed by atoms with Crippen molar-refractivity contribution < 1.29 is 19.0 Å². The predicted molar refractivity (Wildman–Crippen MR) is 129 cm³/mol. The van der Waals surface area contributed by atoms with E-state index in [-0.39, 0.29) is 30.9 Å². The van der Waals surface area contributed by atoms with Crippen molar-refractivity contribution in [2.24, 2.45) is 0 Å². The van der Waals surface area contributed by atoms with E-state index >= 15 is 0 Å². The summed E-state index contributed by atoms with van der Waals surface area (Å²) in [5, 5.41) is 12.6. The number of tetrazole rings is 1. The molecule has 2 atom stereocenters. The van der Waals surface area contributed by atoms with Crippen molar-refractivity contribution in [3.63, 3.8) is 0 Å². The molecule has 2 fully saturated rings. The highest BCUT2D eigenvalue weighted by Gasteiger charge is 2.44. The van der Waals surface area contributed by atoms with Gasteiger partial charge in [-0.15, -0.1) is 5.10 Å². The van der Waals surface area contributed by atoms with E-state index in [4.69, 9.17) is 14.2 Å². The summed E-state index contributed by atoms with van der Waals surface area (Å²) in [6.07, 6.45) is 3.84. The van der Waals surface area contributed by atoms with E-state index in [0.717, 1.165) is 71.5 Å². The minimum Gasteiger partial charge on any atom is -0.490 e. The van der Waals surface area contributed by atoms with Crippen molar-refractivity contribution in [2.75, 3.05) is 6.79 Å². The molecule has 2 bridgehead atoms. The van der Waals surface area contributed by atoms with Crippen LogP contribution in [0.2, 0.25) is 0 Å². The van der Waals surface area contributed by atoms with E-state index in [9.17, 15) is 4.79 Å². The first-order valence-electron chi connectivity index (χ1n) is 12.0. The summed E-state index contributed by atoms with van der Waals surface area (Å²) in [7, 11) is 0. The molecule has 9 nitrogen and oxygen atoms in total. The summed E-state index contributed by atoms with van der Waals surface area (Å²) in [5.74, 6) is 3.14. The lowest BCUT2D eigenvalue weighted by Crippen LogP contribution is -2.49. The van der Waals surface area contributed by atoms with Gasteiger partial charge in [0.15, 0.2) is 11.5 Å². The fourth-order valence-corrected chi connectivity index (χ4v) is 6.13. The van der Waals surface area contributed by atoms with Crippen LogP contribution in [0.4, 0.5) is 0 Å². The molecule has 3 aliphatic heterocycles. The number of benzene rings is 2. The Labute approximate surface area is 207 Å². The summed E-state index contributed by atoms with van der Waals surface area (Å²) in [6.45, 7) is 3.01. The summed E-state index contributed by atoms with van der Waals surface area (Å²) in [6, 6.07) is 14.1. The molecule has 3 aromatic rings. The molecule has 0 saturated carbocycles. The molecule has 10 heteroatoms. The van der Waals surface area contributed by atoms with Gasteiger partial charge in [0.1, 0.15) is 11.9 Å². The van der Waals surface area contributed by atoms with Crippen LogP contribution in [0.1, 0.15) is 48.5 Å². The van der Waals surface area contributed by atoms with Gasteiger partial charge in [0, 0.05) is 48.9 Å². The summed E-state index contributed by atoms with van der Waals surface area (Å²) < 4.78 is 18.9. The van der Waals surface area contributed by atoms with Crippen LogP contribution < -0.4 is 14.2 Å². The first kappa shape index (κ1) is 22.2. The number of nitrogens with zero attached hydrogens (tertiary/aromatic N) is 5. The molecule has 182 valence electrons. The van der Waals surface area contributed by atoms with Gasteiger partial charge < -0.3 is 19.1 Å². The topological polar surface area (TPSA) is 91.6 Å². The molecule has 2 saturated heterocycles. The third kappa shape index (κ3) is 4.42. The van der Waals surface area contributed by atoms with Crippen molar-refractivity contribution in [1.29, 1.82) is 0 Å². The van der Waals surface area contributed by atoms with Gasteiger partial charge in [-0.25, -0.2) is 4.68 Å². The molecule has 2 aromatic carbocycles. The molecule has 1 aromatic heterocycles. The number of carbonyl (C=O) groups is 1. The van der Waals surface area contributed by atoms with Gasteiger partial charge in [-0.05, 0) is 60.0 Å². The van der Waals surface area contributed by atoms with E-state index in [0.29, 0.717) is 0 Å². The fraction of sp³-hybridized carbons (Fsp3) is 0.440. The van der Waals surface area contributed by atoms with Gasteiger partial charge in [0.05, 0.1) is 0 Å². The van der Waals surface area contributed by atoms with E-state index in [1.165, 1.54) is 0 Å². The van der Waals surface area contributed by atoms with Crippen molar-refractivity contribution in [1.82, 2.24) is 25.1 Å². The lowest BCUT2D eigenvalue weighted by molar-refractivity contribution is 0.0358. The van der Waals surface area contributed by atoms with E-state index in [2.05, 4.69) is 20.4 Å². The number of piperidine rings is 1. The highest BCUT2D eigenvalue weighted by atomic mass is 32.2. The lowest BCUT2D eigenvalue weighted by Gasteiger charge is -2.39. The average Bonchev–Trinajstić information content (AvgIpc) is 3.60. The molecule has 3 aliphatic rings. The quantitative estimate of drug-likeness (QED) is 0.457. The first-order valence-corrected chi connectivity index (χ1v) is 13.0. The molecule has 2 unspecified atom stereocenters. The van der Waals surface area contributed by atoms with Crippen molar-refractivity contribution in [3.05, 3.63) is 53.6 Å². The number of fused-ring (bicyclic) bond motifs is 3. The molecular weight excluding hydrogens is 466 g/mol. The second-order valence-corrected chi connectivity index (χ2v) is 10.0. The molecule has 4 heterocycles. The summed E-state index contributed by atoms with van der Waals surface area (Å²) >= 11 is 1.59. The Morgan fingerprint density at radius 1 is 1.09 bits per heavy atom. The number of amides is 1. The lowest BCUT2D eigenvalue weighted by atomic mass is 9.98. The van der Waals surface area contributed by atoms with Gasteiger partial charge in [0.2, 0.25) is 11.9 Å². The zero-order chi connectivity index (χ0) is 23.8. The monoisotopic (exact) mass is 493 g/mol. The standard InChI is InChI=1S/C25H27N5O4S/c1-2-29-25(26-27-28-29)35-14-16-3-5-17(6-4-16)24(31)30-18-7-8-19(30)12-21(11-18)34-20-9-10-22-23(13-20)33-15-32-22/h3-6,9-10,13,18-19,21H,2,7-8,11-12,14-15H2,1H3. The van der Waals surface area contributed by atoms with Crippen molar-refractivity contribution in [2.45, 2.75) is 68.2 Å². The van der Waals surface area contributed by atoms with Crippen LogP contribution in [0, 0.1) is 0 Å². The number of rotatable bonds is 7. The number of hydrogen-bond acceptors (Lipinski definition) is 8. The molecular formula is C25H27N5O4S. The largest absolute Gasteiger partial charge is 0.490 e. The molecule has 0 radical (unpaired) electrons. The highest BCUT2D eigenvalue weighted by Crippen LogP contribution is 2.40. The first-order chi connectivity index (χ1) is 17.2. The zero-order valence-corrected chi connectivity index (χ0v) is 20.3. The highest BCUT2D eigenvalue weighted by molar-refractivity contribution is 7.98. The summed E-state index contributed by atoms with van der Waals surface area (Å²) in [5.41, 5.74) is 1.88. The van der Waals surface area contributed by atoms with Gasteiger partial charge in [-0.1, -0.05) is 23.9 Å². The second kappa shape index (κ2) is 9.41. The Morgan fingerprint density at radius 3 is 2.63 bits per heavy atom. The maximum absolute atomic E-state index is 13.4. The van der Waals surface area contributed by atoms with Crippen LogP contribution in [0.15, 0.2) is 47.6 Å². The maximum Gasteiger partial charge on any atom is 0.254 e. The van der Waals surface area contributed by atoms with Crippen LogP contribution >= 0.6 is 11.8 Å². The summed E-state index contributed by atoms with van der Waals surface area (Å²) in [4.78, 5) is 15.5. The number of ether oxygens (including phenoxy) is 3. The number of aromatic nitrogens is 4. The van der Waals surface area contributed by atoms with Gasteiger partial charge in [-0.3, -0.25) is 4.79 Å². The Morgan fingerprint density at radius 2 is 1.86 bits per heavy atom. The average molecular weight is 494 g/mol. The SMILES string of the molecule is CCn1nnnc1SCc1ccc(C(=O)N2C3CCC2CC(Oc2ccc4c(c2)OCO4)C3)cc1. The maximum atomic E-state index is 13.4. The van der Waals surface area contributed by atoms with Crippen LogP contribution in [0.3, 0.4) is 0 Å². The molecule has 0 aliphatic carbocycles. The fourth-order valence-electron chi connectivity index (χ4n) is 5.24. The molecule has 1 amide bonds. The third-order valence-corrected chi connectivity index (χ3v) is 7.97. The van der Waals surface area contributed by atoms with Crippen LogP contribution in [0.5, 0.6) is 17.2 Å². The number of hydrogen-bond donors (Lipinski definition) is 0. The van der Waals surface area contributed by atoms with Crippen molar-refractivity contribution in [3.8, 4) is 17.2 Å². The van der Waals surface area contributed by atoms with Crippen molar-refractivity contribution >= 4 is 17.7 Å². The zero-order valence-electron chi connectivity index (χ0n) is 19.5. The smallest absolute Gasteiger partial charge is 0.254 e. The van der Waals surface area contributed by atoms with Crippen LogP contribution in [0.25, 0.3) is 0 Å². The van der Waals surface area contributed by atoms with Crippen LogP contribution in [-0.2, 0) is 12.3 Å². The third-order valence-electron chi connectivity index (χ3n) is 6.94. The minimum absolute atomic E-state index is 0.0935. The molecule has 35 heavy (non-hydrogen) atoms. The molecule has 6 rings (SSSR count). The van der Waals surface area contributed by atoms with Gasteiger partial charge in [0.25, 0.3) is 5.91 Å². The van der Waals surface area contributed by atoms with Gasteiger partial charge >= 0.3 is 0 Å². The number of carbonyl (C=O) groups excluding carboxylic acids is 1. The van der Waals surface area contributed by atoms with E-state index in [1.54, 1.807) is 16.4 Å².